The first-order chi connectivity index (χ1) is 9.74. The van der Waals surface area contributed by atoms with E-state index in [2.05, 4.69) is 15.3 Å². The molecule has 104 valence electrons. The zero-order valence-electron chi connectivity index (χ0n) is 11.2. The maximum atomic E-state index is 11.6. The van der Waals surface area contributed by atoms with Gasteiger partial charge in [0.25, 0.3) is 0 Å². The monoisotopic (exact) mass is 288 g/mol. The van der Waals surface area contributed by atoms with Crippen LogP contribution in [0, 0.1) is 0 Å². The third-order valence-electron chi connectivity index (χ3n) is 3.44. The molecule has 0 unspecified atom stereocenters. The number of aromatic nitrogens is 2. The number of likely N-dealkylation sites (tertiary alicyclic amines) is 1. The molecule has 3 heterocycles. The first-order valence-electron chi connectivity index (χ1n) is 6.65. The molecule has 0 aromatic carbocycles. The molecule has 1 saturated heterocycles. The molecule has 0 bridgehead atoms. The summed E-state index contributed by atoms with van der Waals surface area (Å²) < 4.78 is 0. The Bertz CT molecular complexity index is 599. The van der Waals surface area contributed by atoms with Gasteiger partial charge in [-0.3, -0.25) is 4.79 Å². The SMILES string of the molecule is CC(=O)N1CCC[C@H]1c1cccc(Nc2nccs2)n1. The zero-order valence-corrected chi connectivity index (χ0v) is 12.1. The lowest BCUT2D eigenvalue weighted by Crippen LogP contribution is -2.28. The zero-order chi connectivity index (χ0) is 13.9. The van der Waals surface area contributed by atoms with Crippen LogP contribution in [0.4, 0.5) is 10.9 Å². The highest BCUT2D eigenvalue weighted by Crippen LogP contribution is 2.31. The Kier molecular flexibility index (Phi) is 3.64. The Morgan fingerprint density at radius 3 is 3.15 bits per heavy atom. The van der Waals surface area contributed by atoms with Crippen LogP contribution in [0.2, 0.25) is 0 Å². The molecule has 0 saturated carbocycles. The van der Waals surface area contributed by atoms with Gasteiger partial charge in [-0.25, -0.2) is 9.97 Å². The average molecular weight is 288 g/mol. The number of carbonyl (C=O) groups is 1. The van der Waals surface area contributed by atoms with E-state index in [1.807, 2.05) is 28.5 Å². The van der Waals surface area contributed by atoms with Gasteiger partial charge in [0, 0.05) is 25.0 Å². The van der Waals surface area contributed by atoms with Gasteiger partial charge in [0.05, 0.1) is 11.7 Å². The van der Waals surface area contributed by atoms with Gasteiger partial charge in [0.2, 0.25) is 5.91 Å². The van der Waals surface area contributed by atoms with Crippen LogP contribution in [0.1, 0.15) is 31.5 Å². The number of nitrogens with zero attached hydrogens (tertiary/aromatic N) is 3. The molecule has 0 spiro atoms. The van der Waals surface area contributed by atoms with Crippen LogP contribution >= 0.6 is 11.3 Å². The van der Waals surface area contributed by atoms with Crippen molar-refractivity contribution in [1.82, 2.24) is 14.9 Å². The van der Waals surface area contributed by atoms with Crippen LogP contribution in [-0.4, -0.2) is 27.3 Å². The fourth-order valence-electron chi connectivity index (χ4n) is 2.55. The third-order valence-corrected chi connectivity index (χ3v) is 4.13. The van der Waals surface area contributed by atoms with Crippen LogP contribution < -0.4 is 5.32 Å². The van der Waals surface area contributed by atoms with Crippen molar-refractivity contribution in [2.75, 3.05) is 11.9 Å². The number of anilines is 2. The van der Waals surface area contributed by atoms with E-state index in [-0.39, 0.29) is 11.9 Å². The second-order valence-electron chi connectivity index (χ2n) is 4.78. The van der Waals surface area contributed by atoms with Crippen LogP contribution in [0.3, 0.4) is 0 Å². The summed E-state index contributed by atoms with van der Waals surface area (Å²) in [6, 6.07) is 5.97. The Morgan fingerprint density at radius 2 is 2.40 bits per heavy atom. The van der Waals surface area contributed by atoms with E-state index in [4.69, 9.17) is 0 Å². The highest BCUT2D eigenvalue weighted by Gasteiger charge is 2.28. The Balaban J connectivity index is 1.82. The summed E-state index contributed by atoms with van der Waals surface area (Å²) in [4.78, 5) is 22.4. The minimum atomic E-state index is 0.102. The van der Waals surface area contributed by atoms with Gasteiger partial charge in [-0.2, -0.15) is 0 Å². The summed E-state index contributed by atoms with van der Waals surface area (Å²) in [6.45, 7) is 2.45. The number of hydrogen-bond donors (Lipinski definition) is 1. The van der Waals surface area contributed by atoms with Crippen molar-refractivity contribution in [1.29, 1.82) is 0 Å². The topological polar surface area (TPSA) is 58.1 Å². The molecule has 2 aromatic heterocycles. The molecular weight excluding hydrogens is 272 g/mol. The molecule has 5 nitrogen and oxygen atoms in total. The molecule has 1 atom stereocenters. The van der Waals surface area contributed by atoms with E-state index in [1.165, 1.54) is 11.3 Å². The van der Waals surface area contributed by atoms with E-state index < -0.39 is 0 Å². The number of hydrogen-bond acceptors (Lipinski definition) is 5. The van der Waals surface area contributed by atoms with Gasteiger partial charge >= 0.3 is 0 Å². The van der Waals surface area contributed by atoms with Crippen molar-refractivity contribution in [2.45, 2.75) is 25.8 Å². The molecular formula is C14H16N4OS. The molecule has 0 aliphatic carbocycles. The Hall–Kier alpha value is -1.95. The van der Waals surface area contributed by atoms with Gasteiger partial charge < -0.3 is 10.2 Å². The maximum Gasteiger partial charge on any atom is 0.220 e. The van der Waals surface area contributed by atoms with Crippen molar-refractivity contribution < 1.29 is 4.79 Å². The lowest BCUT2D eigenvalue weighted by atomic mass is 10.1. The number of pyridine rings is 1. The highest BCUT2D eigenvalue weighted by atomic mass is 32.1. The number of carbonyl (C=O) groups excluding carboxylic acids is 1. The lowest BCUT2D eigenvalue weighted by molar-refractivity contribution is -0.129. The summed E-state index contributed by atoms with van der Waals surface area (Å²) in [7, 11) is 0. The summed E-state index contributed by atoms with van der Waals surface area (Å²) in [6.07, 6.45) is 3.77. The van der Waals surface area contributed by atoms with Crippen LogP contribution in [-0.2, 0) is 4.79 Å². The lowest BCUT2D eigenvalue weighted by Gasteiger charge is -2.23. The van der Waals surface area contributed by atoms with Crippen molar-refractivity contribution in [2.24, 2.45) is 0 Å². The summed E-state index contributed by atoms with van der Waals surface area (Å²) >= 11 is 1.53. The van der Waals surface area contributed by atoms with Crippen molar-refractivity contribution in [3.63, 3.8) is 0 Å². The Morgan fingerprint density at radius 1 is 1.50 bits per heavy atom. The van der Waals surface area contributed by atoms with Gasteiger partial charge in [-0.05, 0) is 25.0 Å². The predicted octanol–water partition coefficient (Wildman–Crippen LogP) is 2.97. The maximum absolute atomic E-state index is 11.6. The average Bonchev–Trinajstić information content (AvgIpc) is 3.09. The van der Waals surface area contributed by atoms with Gasteiger partial charge in [-0.1, -0.05) is 6.07 Å². The molecule has 2 aromatic rings. The number of rotatable bonds is 3. The largest absolute Gasteiger partial charge is 0.334 e. The van der Waals surface area contributed by atoms with Crippen molar-refractivity contribution in [3.05, 3.63) is 35.5 Å². The molecule has 1 aliphatic rings. The smallest absolute Gasteiger partial charge is 0.220 e. The van der Waals surface area contributed by atoms with E-state index in [1.54, 1.807) is 13.1 Å². The van der Waals surface area contributed by atoms with Crippen molar-refractivity contribution >= 4 is 28.2 Å². The van der Waals surface area contributed by atoms with E-state index >= 15 is 0 Å². The molecule has 1 N–H and O–H groups in total. The number of amides is 1. The van der Waals surface area contributed by atoms with Gasteiger partial charge in [0.1, 0.15) is 5.82 Å². The second-order valence-corrected chi connectivity index (χ2v) is 5.67. The van der Waals surface area contributed by atoms with Crippen molar-refractivity contribution in [3.8, 4) is 0 Å². The molecule has 1 fully saturated rings. The molecule has 0 radical (unpaired) electrons. The molecule has 6 heteroatoms. The summed E-state index contributed by atoms with van der Waals surface area (Å²) in [5.41, 5.74) is 0.944. The standard InChI is InChI=1S/C14H16N4OS/c1-10(19)18-8-3-5-12(18)11-4-2-6-13(16-11)17-14-15-7-9-20-14/h2,4,6-7,9,12H,3,5,8H2,1H3,(H,15,16,17)/t12-/m0/s1. The molecule has 1 aliphatic heterocycles. The predicted molar refractivity (Wildman–Crippen MR) is 79.0 cm³/mol. The first kappa shape index (κ1) is 13.1. The first-order valence-corrected chi connectivity index (χ1v) is 7.52. The second kappa shape index (κ2) is 5.58. The van der Waals surface area contributed by atoms with Crippen LogP contribution in [0.5, 0.6) is 0 Å². The minimum absolute atomic E-state index is 0.102. The minimum Gasteiger partial charge on any atom is -0.334 e. The molecule has 3 rings (SSSR count). The van der Waals surface area contributed by atoms with E-state index in [0.29, 0.717) is 0 Å². The van der Waals surface area contributed by atoms with Crippen LogP contribution in [0.25, 0.3) is 0 Å². The van der Waals surface area contributed by atoms with E-state index in [0.717, 1.165) is 36.0 Å². The summed E-state index contributed by atoms with van der Waals surface area (Å²) in [5.74, 6) is 0.889. The van der Waals surface area contributed by atoms with E-state index in [9.17, 15) is 4.79 Å². The molecule has 20 heavy (non-hydrogen) atoms. The van der Waals surface area contributed by atoms with Gasteiger partial charge in [-0.15, -0.1) is 11.3 Å². The fourth-order valence-corrected chi connectivity index (χ4v) is 3.09. The highest BCUT2D eigenvalue weighted by molar-refractivity contribution is 7.13. The fraction of sp³-hybridized carbons (Fsp3) is 0.357. The summed E-state index contributed by atoms with van der Waals surface area (Å²) in [5, 5.41) is 5.93. The molecule has 1 amide bonds. The quantitative estimate of drug-likeness (QED) is 0.943. The number of thiazole rings is 1. The normalized spacial score (nSPS) is 18.2. The number of nitrogens with one attached hydrogen (secondary N) is 1. The van der Waals surface area contributed by atoms with Crippen LogP contribution in [0.15, 0.2) is 29.8 Å². The Labute approximate surface area is 121 Å². The van der Waals surface area contributed by atoms with Gasteiger partial charge in [0.15, 0.2) is 5.13 Å². The third kappa shape index (κ3) is 2.65.